The first kappa shape index (κ1) is 13.6. The summed E-state index contributed by atoms with van der Waals surface area (Å²) in [4.78, 5) is 0. The molecule has 0 aliphatic heterocycles. The van der Waals surface area contributed by atoms with E-state index < -0.39 is 0 Å². The van der Waals surface area contributed by atoms with Crippen LogP contribution in [0.2, 0.25) is 0 Å². The van der Waals surface area contributed by atoms with Gasteiger partial charge in [-0.2, -0.15) is 0 Å². The fourth-order valence-electron chi connectivity index (χ4n) is 2.53. The van der Waals surface area contributed by atoms with E-state index >= 15 is 0 Å². The van der Waals surface area contributed by atoms with Gasteiger partial charge in [0.15, 0.2) is 0 Å². The molecule has 1 aromatic rings. The molecule has 3 heteroatoms. The minimum Gasteiger partial charge on any atom is -0.464 e. The highest BCUT2D eigenvalue weighted by atomic mass is 16.5. The lowest BCUT2D eigenvalue weighted by molar-refractivity contribution is 0.00850. The van der Waals surface area contributed by atoms with Crippen molar-refractivity contribution in [3.8, 4) is 0 Å². The summed E-state index contributed by atoms with van der Waals surface area (Å²) in [5, 5.41) is 3.32. The Hall–Kier alpha value is -0.800. The van der Waals surface area contributed by atoms with Gasteiger partial charge in [-0.25, -0.2) is 0 Å². The molecule has 3 nitrogen and oxygen atoms in total. The molecule has 0 unspecified atom stereocenters. The molecule has 1 aliphatic carbocycles. The molecule has 1 fully saturated rings. The Morgan fingerprint density at radius 2 is 2.11 bits per heavy atom. The molecule has 1 aromatic heterocycles. The van der Waals surface area contributed by atoms with Gasteiger partial charge >= 0.3 is 0 Å². The lowest BCUT2D eigenvalue weighted by Crippen LogP contribution is -2.16. The van der Waals surface area contributed by atoms with Gasteiger partial charge in [0.1, 0.15) is 18.1 Å². The smallest absolute Gasteiger partial charge is 0.130 e. The van der Waals surface area contributed by atoms with Crippen molar-refractivity contribution in [2.24, 2.45) is 0 Å². The maximum absolute atomic E-state index is 5.93. The fraction of sp³-hybridized carbons (Fsp3) is 0.733. The fourth-order valence-corrected chi connectivity index (χ4v) is 2.53. The zero-order valence-electron chi connectivity index (χ0n) is 11.6. The molecule has 0 amide bonds. The van der Waals surface area contributed by atoms with E-state index in [4.69, 9.17) is 9.15 Å². The second-order valence-corrected chi connectivity index (χ2v) is 5.15. The molecular formula is C15H25NO2. The van der Waals surface area contributed by atoms with E-state index in [0.717, 1.165) is 24.6 Å². The van der Waals surface area contributed by atoms with E-state index in [1.807, 2.05) is 6.92 Å². The summed E-state index contributed by atoms with van der Waals surface area (Å²) in [5.74, 6) is 1.98. The van der Waals surface area contributed by atoms with Crippen LogP contribution >= 0.6 is 0 Å². The molecule has 18 heavy (non-hydrogen) atoms. The molecular weight excluding hydrogens is 226 g/mol. The van der Waals surface area contributed by atoms with Gasteiger partial charge in [-0.1, -0.05) is 26.2 Å². The molecule has 0 spiro atoms. The summed E-state index contributed by atoms with van der Waals surface area (Å²) in [6.45, 7) is 6.63. The molecule has 102 valence electrons. The molecule has 0 saturated heterocycles. The van der Waals surface area contributed by atoms with Crippen LogP contribution in [-0.2, 0) is 17.9 Å². The standard InChI is InChI=1S/C15H25NO2/c1-3-16-10-13-9-15(18-12(13)2)11-17-14-7-5-4-6-8-14/h9,14,16H,3-8,10-11H2,1-2H3. The Morgan fingerprint density at radius 1 is 1.33 bits per heavy atom. The van der Waals surface area contributed by atoms with Crippen molar-refractivity contribution in [2.75, 3.05) is 6.54 Å². The van der Waals surface area contributed by atoms with Crippen molar-refractivity contribution in [1.82, 2.24) is 5.32 Å². The summed E-state index contributed by atoms with van der Waals surface area (Å²) in [6, 6.07) is 2.13. The van der Waals surface area contributed by atoms with E-state index in [-0.39, 0.29) is 0 Å². The van der Waals surface area contributed by atoms with Crippen LogP contribution in [0.1, 0.15) is 56.1 Å². The molecule has 0 atom stereocenters. The number of furan rings is 1. The third-order valence-corrected chi connectivity index (χ3v) is 3.65. The maximum Gasteiger partial charge on any atom is 0.130 e. The Balaban J connectivity index is 1.81. The molecule has 1 aliphatic rings. The van der Waals surface area contributed by atoms with Crippen molar-refractivity contribution in [2.45, 2.75) is 65.2 Å². The minimum absolute atomic E-state index is 0.446. The monoisotopic (exact) mass is 251 g/mol. The maximum atomic E-state index is 5.93. The number of nitrogens with one attached hydrogen (secondary N) is 1. The van der Waals surface area contributed by atoms with Gasteiger partial charge < -0.3 is 14.5 Å². The number of hydrogen-bond donors (Lipinski definition) is 1. The van der Waals surface area contributed by atoms with E-state index in [2.05, 4.69) is 18.3 Å². The number of ether oxygens (including phenoxy) is 1. The first-order chi connectivity index (χ1) is 8.79. The van der Waals surface area contributed by atoms with Crippen molar-refractivity contribution < 1.29 is 9.15 Å². The third kappa shape index (κ3) is 3.85. The molecule has 1 saturated carbocycles. The molecule has 0 bridgehead atoms. The minimum atomic E-state index is 0.446. The SMILES string of the molecule is CCNCc1cc(COC2CCCCC2)oc1C. The van der Waals surface area contributed by atoms with Gasteiger partial charge in [0, 0.05) is 12.1 Å². The highest BCUT2D eigenvalue weighted by Gasteiger charge is 2.15. The predicted octanol–water partition coefficient (Wildman–Crippen LogP) is 3.55. The van der Waals surface area contributed by atoms with Gasteiger partial charge in [-0.3, -0.25) is 0 Å². The number of hydrogen-bond acceptors (Lipinski definition) is 3. The first-order valence-electron chi connectivity index (χ1n) is 7.20. The number of rotatable bonds is 6. The second-order valence-electron chi connectivity index (χ2n) is 5.15. The summed E-state index contributed by atoms with van der Waals surface area (Å²) in [5.41, 5.74) is 1.25. The van der Waals surface area contributed by atoms with Crippen molar-refractivity contribution in [3.63, 3.8) is 0 Å². The van der Waals surface area contributed by atoms with E-state index in [1.165, 1.54) is 37.7 Å². The van der Waals surface area contributed by atoms with Gasteiger partial charge in [-0.05, 0) is 32.4 Å². The van der Waals surface area contributed by atoms with Crippen LogP contribution in [0, 0.1) is 6.92 Å². The van der Waals surface area contributed by atoms with Crippen molar-refractivity contribution >= 4 is 0 Å². The molecule has 1 heterocycles. The van der Waals surface area contributed by atoms with Crippen LogP contribution in [0.15, 0.2) is 10.5 Å². The van der Waals surface area contributed by atoms with Crippen LogP contribution in [-0.4, -0.2) is 12.6 Å². The highest BCUT2D eigenvalue weighted by Crippen LogP contribution is 2.22. The van der Waals surface area contributed by atoms with Crippen molar-refractivity contribution in [3.05, 3.63) is 23.2 Å². The lowest BCUT2D eigenvalue weighted by Gasteiger charge is -2.21. The quantitative estimate of drug-likeness (QED) is 0.839. The molecule has 0 radical (unpaired) electrons. The average molecular weight is 251 g/mol. The summed E-state index contributed by atoms with van der Waals surface area (Å²) in [6.07, 6.45) is 6.86. The summed E-state index contributed by atoms with van der Waals surface area (Å²) in [7, 11) is 0. The molecule has 2 rings (SSSR count). The summed E-state index contributed by atoms with van der Waals surface area (Å²) < 4.78 is 11.7. The van der Waals surface area contributed by atoms with Gasteiger partial charge in [-0.15, -0.1) is 0 Å². The third-order valence-electron chi connectivity index (χ3n) is 3.65. The molecule has 0 aromatic carbocycles. The highest BCUT2D eigenvalue weighted by molar-refractivity contribution is 5.20. The Bertz CT molecular complexity index is 353. The normalized spacial score (nSPS) is 17.2. The van der Waals surface area contributed by atoms with Crippen molar-refractivity contribution in [1.29, 1.82) is 0 Å². The van der Waals surface area contributed by atoms with Crippen LogP contribution in [0.4, 0.5) is 0 Å². The topological polar surface area (TPSA) is 34.4 Å². The first-order valence-corrected chi connectivity index (χ1v) is 7.20. The van der Waals surface area contributed by atoms with Crippen LogP contribution in [0.3, 0.4) is 0 Å². The van der Waals surface area contributed by atoms with Gasteiger partial charge in [0.2, 0.25) is 0 Å². The Labute approximate surface area is 110 Å². The Morgan fingerprint density at radius 3 is 2.83 bits per heavy atom. The average Bonchev–Trinajstić information content (AvgIpc) is 2.76. The zero-order valence-corrected chi connectivity index (χ0v) is 11.6. The number of aryl methyl sites for hydroxylation is 1. The summed E-state index contributed by atoms with van der Waals surface area (Å²) >= 11 is 0. The van der Waals surface area contributed by atoms with Crippen LogP contribution < -0.4 is 5.32 Å². The van der Waals surface area contributed by atoms with E-state index in [9.17, 15) is 0 Å². The lowest BCUT2D eigenvalue weighted by atomic mass is 9.98. The Kier molecular flexibility index (Phi) is 5.26. The van der Waals surface area contributed by atoms with Crippen LogP contribution in [0.25, 0.3) is 0 Å². The largest absolute Gasteiger partial charge is 0.464 e. The zero-order chi connectivity index (χ0) is 12.8. The second kappa shape index (κ2) is 6.95. The van der Waals surface area contributed by atoms with Gasteiger partial charge in [0.25, 0.3) is 0 Å². The van der Waals surface area contributed by atoms with Gasteiger partial charge in [0.05, 0.1) is 6.10 Å². The molecule has 1 N–H and O–H groups in total. The van der Waals surface area contributed by atoms with Crippen LogP contribution in [0.5, 0.6) is 0 Å². The van der Waals surface area contributed by atoms with E-state index in [1.54, 1.807) is 0 Å². The van der Waals surface area contributed by atoms with E-state index in [0.29, 0.717) is 12.7 Å². The predicted molar refractivity (Wildman–Crippen MR) is 72.5 cm³/mol.